The highest BCUT2D eigenvalue weighted by molar-refractivity contribution is 7.28. The van der Waals surface area contributed by atoms with Gasteiger partial charge in [0.15, 0.2) is 5.82 Å². The second-order valence-electron chi connectivity index (χ2n) is 3.45. The molecule has 0 saturated heterocycles. The number of hydrogen-bond donors (Lipinski definition) is 0. The fraction of sp³-hybridized carbons (Fsp3) is 0.0909. The lowest BCUT2D eigenvalue weighted by atomic mass is 10.3. The number of nitrogens with zero attached hydrogens (tertiary/aromatic N) is 2. The lowest BCUT2D eigenvalue weighted by molar-refractivity contribution is 0.103. The van der Waals surface area contributed by atoms with E-state index in [1.807, 2.05) is 24.6 Å². The SMILES string of the molecule is Cn1ccnc1C(=O)c1cc2sccc2s1. The molecule has 16 heavy (non-hydrogen) atoms. The topological polar surface area (TPSA) is 34.9 Å². The molecule has 0 aliphatic rings. The maximum Gasteiger partial charge on any atom is 0.238 e. The monoisotopic (exact) mass is 248 g/mol. The van der Waals surface area contributed by atoms with E-state index in [1.165, 1.54) is 20.7 Å². The van der Waals surface area contributed by atoms with Gasteiger partial charge >= 0.3 is 0 Å². The second kappa shape index (κ2) is 3.54. The Hall–Kier alpha value is -1.46. The van der Waals surface area contributed by atoms with Gasteiger partial charge in [0.2, 0.25) is 5.78 Å². The molecule has 0 saturated carbocycles. The highest BCUT2D eigenvalue weighted by Gasteiger charge is 2.16. The zero-order valence-electron chi connectivity index (χ0n) is 8.51. The van der Waals surface area contributed by atoms with Crippen molar-refractivity contribution in [2.45, 2.75) is 0 Å². The van der Waals surface area contributed by atoms with Crippen molar-refractivity contribution in [1.29, 1.82) is 0 Å². The smallest absolute Gasteiger partial charge is 0.238 e. The van der Waals surface area contributed by atoms with E-state index in [-0.39, 0.29) is 5.78 Å². The number of ketones is 1. The van der Waals surface area contributed by atoms with E-state index in [1.54, 1.807) is 28.3 Å². The highest BCUT2D eigenvalue weighted by atomic mass is 32.1. The molecular formula is C11H8N2OS2. The molecule has 0 N–H and O–H groups in total. The first-order chi connectivity index (χ1) is 7.75. The fourth-order valence-corrected chi connectivity index (χ4v) is 3.62. The summed E-state index contributed by atoms with van der Waals surface area (Å²) in [5.74, 6) is 0.495. The van der Waals surface area contributed by atoms with Crippen molar-refractivity contribution in [3.8, 4) is 0 Å². The van der Waals surface area contributed by atoms with Crippen LogP contribution in [0.4, 0.5) is 0 Å². The normalized spacial score (nSPS) is 11.1. The van der Waals surface area contributed by atoms with Gasteiger partial charge in [-0.2, -0.15) is 0 Å². The summed E-state index contributed by atoms with van der Waals surface area (Å²) in [6.45, 7) is 0. The van der Waals surface area contributed by atoms with Gasteiger partial charge in [-0.15, -0.1) is 22.7 Å². The van der Waals surface area contributed by atoms with Gasteiger partial charge in [-0.1, -0.05) is 0 Å². The molecular weight excluding hydrogens is 240 g/mol. The second-order valence-corrected chi connectivity index (χ2v) is 5.48. The third-order valence-electron chi connectivity index (χ3n) is 2.39. The van der Waals surface area contributed by atoms with E-state index < -0.39 is 0 Å². The molecule has 3 aromatic rings. The van der Waals surface area contributed by atoms with Crippen molar-refractivity contribution in [1.82, 2.24) is 9.55 Å². The number of carbonyl (C=O) groups excluding carboxylic acids is 1. The first kappa shape index (κ1) is 9.74. The summed E-state index contributed by atoms with van der Waals surface area (Å²) < 4.78 is 4.08. The van der Waals surface area contributed by atoms with E-state index in [2.05, 4.69) is 4.98 Å². The predicted molar refractivity (Wildman–Crippen MR) is 66.3 cm³/mol. The molecule has 0 atom stereocenters. The van der Waals surface area contributed by atoms with Gasteiger partial charge in [0.05, 0.1) is 4.88 Å². The van der Waals surface area contributed by atoms with Crippen molar-refractivity contribution in [2.75, 3.05) is 0 Å². The molecule has 0 bridgehead atoms. The first-order valence-electron chi connectivity index (χ1n) is 4.75. The molecule has 0 unspecified atom stereocenters. The molecule has 3 heterocycles. The van der Waals surface area contributed by atoms with Crippen LogP contribution < -0.4 is 0 Å². The molecule has 0 fully saturated rings. The Balaban J connectivity index is 2.08. The van der Waals surface area contributed by atoms with Crippen LogP contribution in [-0.4, -0.2) is 15.3 Å². The minimum Gasteiger partial charge on any atom is -0.331 e. The van der Waals surface area contributed by atoms with Gasteiger partial charge in [-0.25, -0.2) is 4.98 Å². The Morgan fingerprint density at radius 3 is 3.00 bits per heavy atom. The maximum absolute atomic E-state index is 12.1. The standard InChI is InChI=1S/C11H8N2OS2/c1-13-4-3-12-11(13)10(14)9-6-8-7(16-9)2-5-15-8/h2-6H,1H3. The zero-order valence-corrected chi connectivity index (χ0v) is 10.1. The van der Waals surface area contributed by atoms with E-state index in [4.69, 9.17) is 0 Å². The summed E-state index contributed by atoms with van der Waals surface area (Å²) in [4.78, 5) is 17.0. The number of aromatic nitrogens is 2. The van der Waals surface area contributed by atoms with Crippen LogP contribution in [-0.2, 0) is 7.05 Å². The first-order valence-corrected chi connectivity index (χ1v) is 6.44. The van der Waals surface area contributed by atoms with Crippen molar-refractivity contribution in [2.24, 2.45) is 7.05 Å². The Labute approximate surface area is 100.0 Å². The van der Waals surface area contributed by atoms with Crippen LogP contribution in [0.2, 0.25) is 0 Å². The molecule has 0 amide bonds. The Morgan fingerprint density at radius 1 is 1.44 bits per heavy atom. The summed E-state index contributed by atoms with van der Waals surface area (Å²) in [5, 5.41) is 2.04. The van der Waals surface area contributed by atoms with Crippen molar-refractivity contribution in [3.05, 3.63) is 40.6 Å². The van der Waals surface area contributed by atoms with Crippen LogP contribution in [0.1, 0.15) is 15.5 Å². The fourth-order valence-electron chi connectivity index (χ4n) is 1.57. The average molecular weight is 248 g/mol. The molecule has 3 aromatic heterocycles. The van der Waals surface area contributed by atoms with Crippen molar-refractivity contribution < 1.29 is 4.79 Å². The number of fused-ring (bicyclic) bond motifs is 1. The molecule has 0 radical (unpaired) electrons. The number of carbonyl (C=O) groups is 1. The predicted octanol–water partition coefficient (Wildman–Crippen LogP) is 2.93. The Kier molecular flexibility index (Phi) is 2.15. The summed E-state index contributed by atoms with van der Waals surface area (Å²) in [6, 6.07) is 3.99. The lowest BCUT2D eigenvalue weighted by Gasteiger charge is -1.97. The molecule has 80 valence electrons. The number of aryl methyl sites for hydroxylation is 1. The zero-order chi connectivity index (χ0) is 11.1. The minimum atomic E-state index is 0.000833. The van der Waals surface area contributed by atoms with E-state index in [0.717, 1.165) is 4.88 Å². The number of thiophene rings is 2. The van der Waals surface area contributed by atoms with Gasteiger partial charge < -0.3 is 4.57 Å². The minimum absolute atomic E-state index is 0.000833. The van der Waals surface area contributed by atoms with Gasteiger partial charge in [-0.05, 0) is 17.5 Å². The van der Waals surface area contributed by atoms with E-state index in [9.17, 15) is 4.79 Å². The molecule has 3 nitrogen and oxygen atoms in total. The van der Waals surface area contributed by atoms with Crippen LogP contribution in [0, 0.1) is 0 Å². The van der Waals surface area contributed by atoms with Crippen LogP contribution in [0.15, 0.2) is 29.9 Å². The Bertz CT molecular complexity index is 634. The molecule has 0 aromatic carbocycles. The average Bonchev–Trinajstić information content (AvgIpc) is 2.89. The molecule has 5 heteroatoms. The van der Waals surface area contributed by atoms with Gasteiger partial charge in [-0.3, -0.25) is 4.79 Å². The van der Waals surface area contributed by atoms with Crippen LogP contribution in [0.5, 0.6) is 0 Å². The van der Waals surface area contributed by atoms with E-state index in [0.29, 0.717) is 5.82 Å². The summed E-state index contributed by atoms with van der Waals surface area (Å²) >= 11 is 3.18. The molecule has 0 aliphatic carbocycles. The van der Waals surface area contributed by atoms with Crippen LogP contribution in [0.3, 0.4) is 0 Å². The molecule has 0 aliphatic heterocycles. The molecule has 3 rings (SSSR count). The third kappa shape index (κ3) is 1.40. The summed E-state index contributed by atoms with van der Waals surface area (Å²) in [5.41, 5.74) is 0. The number of hydrogen-bond acceptors (Lipinski definition) is 4. The summed E-state index contributed by atoms with van der Waals surface area (Å²) in [7, 11) is 1.83. The lowest BCUT2D eigenvalue weighted by Crippen LogP contribution is -2.06. The summed E-state index contributed by atoms with van der Waals surface area (Å²) in [6.07, 6.45) is 3.42. The van der Waals surface area contributed by atoms with Gasteiger partial charge in [0.1, 0.15) is 0 Å². The largest absolute Gasteiger partial charge is 0.331 e. The van der Waals surface area contributed by atoms with Crippen LogP contribution in [0.25, 0.3) is 9.40 Å². The highest BCUT2D eigenvalue weighted by Crippen LogP contribution is 2.30. The van der Waals surface area contributed by atoms with Crippen LogP contribution >= 0.6 is 22.7 Å². The van der Waals surface area contributed by atoms with Gasteiger partial charge in [0, 0.05) is 28.8 Å². The molecule has 0 spiro atoms. The number of imidazole rings is 1. The van der Waals surface area contributed by atoms with Crippen molar-refractivity contribution >= 4 is 37.9 Å². The third-order valence-corrected chi connectivity index (χ3v) is 4.48. The maximum atomic E-state index is 12.1. The Morgan fingerprint density at radius 2 is 2.31 bits per heavy atom. The van der Waals surface area contributed by atoms with Crippen molar-refractivity contribution in [3.63, 3.8) is 0 Å². The number of rotatable bonds is 2. The van der Waals surface area contributed by atoms with E-state index >= 15 is 0 Å². The quantitative estimate of drug-likeness (QED) is 0.654. The van der Waals surface area contributed by atoms with Gasteiger partial charge in [0.25, 0.3) is 0 Å².